The van der Waals surface area contributed by atoms with Crippen LogP contribution < -0.4 is 20.3 Å². The topological polar surface area (TPSA) is 9.23 Å². The van der Waals surface area contributed by atoms with Gasteiger partial charge in [-0.1, -0.05) is 94.9 Å². The Morgan fingerprint density at radius 2 is 1.15 bits per heavy atom. The van der Waals surface area contributed by atoms with Gasteiger partial charge in [-0.25, -0.2) is 0 Å². The monoisotopic (exact) mass is 466 g/mol. The smallest absolute Gasteiger partial charge is 0.162 e. The summed E-state index contributed by atoms with van der Waals surface area (Å²) in [6.07, 6.45) is 2.57. The van der Waals surface area contributed by atoms with Gasteiger partial charge in [-0.3, -0.25) is 0 Å². The van der Waals surface area contributed by atoms with E-state index < -0.39 is 8.07 Å². The molecule has 0 N–H and O–H groups in total. The van der Waals surface area contributed by atoms with Crippen molar-refractivity contribution in [1.82, 2.24) is 0 Å². The quantitative estimate of drug-likeness (QED) is 0.310. The van der Waals surface area contributed by atoms with Gasteiger partial charge >= 0.3 is 0 Å². The normalized spacial score (nSPS) is 18.3. The molecule has 0 spiro atoms. The molecular formula is C32H38OSi. The van der Waals surface area contributed by atoms with E-state index >= 15 is 0 Å². The maximum absolute atomic E-state index is 5.78. The molecule has 4 rings (SSSR count). The minimum absolute atomic E-state index is 0.117. The minimum atomic E-state index is -2.65. The van der Waals surface area contributed by atoms with Gasteiger partial charge < -0.3 is 4.74 Å². The molecule has 0 bridgehead atoms. The van der Waals surface area contributed by atoms with Crippen molar-refractivity contribution in [3.05, 3.63) is 106 Å². The summed E-state index contributed by atoms with van der Waals surface area (Å²) < 4.78 is 5.78. The Hall–Kier alpha value is -2.84. The number of ether oxygens (including phenoxy) is 1. The SMILES string of the molecule is COc1cccc([Si](c2cc(C)cc(C)c2)(c2cc(C)cc(C)c2)C2(C)C=C(C)C(C)=C2C)c1. The van der Waals surface area contributed by atoms with E-state index in [1.807, 2.05) is 0 Å². The van der Waals surface area contributed by atoms with Crippen molar-refractivity contribution < 1.29 is 4.74 Å². The fourth-order valence-corrected chi connectivity index (χ4v) is 12.8. The number of hydrogen-bond donors (Lipinski definition) is 0. The molecule has 1 aliphatic carbocycles. The van der Waals surface area contributed by atoms with Crippen molar-refractivity contribution in [2.75, 3.05) is 7.11 Å². The number of allylic oxidation sites excluding steroid dienone is 4. The van der Waals surface area contributed by atoms with Crippen LogP contribution in [0, 0.1) is 27.7 Å². The second kappa shape index (κ2) is 8.74. The average Bonchev–Trinajstić information content (AvgIpc) is 2.96. The predicted molar refractivity (Wildman–Crippen MR) is 150 cm³/mol. The molecule has 176 valence electrons. The van der Waals surface area contributed by atoms with E-state index in [0.717, 1.165) is 5.75 Å². The molecule has 0 radical (unpaired) electrons. The molecule has 2 heteroatoms. The standard InChI is InChI=1S/C32H38OSi/c1-21-13-22(2)16-30(15-21)34(29-12-10-11-28(19-29)33-9,31-17-23(3)14-24(4)18-31)32(8)20-25(5)26(6)27(32)7/h10-20H,1-9H3. The lowest BCUT2D eigenvalue weighted by molar-refractivity contribution is 0.415. The minimum Gasteiger partial charge on any atom is -0.497 e. The molecule has 0 saturated carbocycles. The maximum atomic E-state index is 5.78. The third kappa shape index (κ3) is 3.69. The zero-order valence-electron chi connectivity index (χ0n) is 22.3. The Balaban J connectivity index is 2.28. The Labute approximate surface area is 207 Å². The third-order valence-electron chi connectivity index (χ3n) is 8.03. The lowest BCUT2D eigenvalue weighted by Gasteiger charge is -2.47. The van der Waals surface area contributed by atoms with Gasteiger partial charge in [0.2, 0.25) is 0 Å². The van der Waals surface area contributed by atoms with Crippen molar-refractivity contribution in [3.63, 3.8) is 0 Å². The second-order valence-corrected chi connectivity index (χ2v) is 14.8. The Bertz CT molecular complexity index is 1230. The first-order valence-corrected chi connectivity index (χ1v) is 14.2. The van der Waals surface area contributed by atoms with E-state index in [1.54, 1.807) is 7.11 Å². The first-order valence-electron chi connectivity index (χ1n) is 12.2. The number of benzene rings is 3. The van der Waals surface area contributed by atoms with Gasteiger partial charge in [-0.2, -0.15) is 0 Å². The Morgan fingerprint density at radius 1 is 0.647 bits per heavy atom. The summed E-state index contributed by atoms with van der Waals surface area (Å²) in [5, 5.41) is 4.20. The fraction of sp³-hybridized carbons (Fsp3) is 0.312. The number of rotatable bonds is 5. The number of methoxy groups -OCH3 is 1. The van der Waals surface area contributed by atoms with Crippen LogP contribution in [0.5, 0.6) is 5.75 Å². The van der Waals surface area contributed by atoms with E-state index in [1.165, 1.54) is 54.5 Å². The molecule has 0 amide bonds. The van der Waals surface area contributed by atoms with E-state index in [9.17, 15) is 0 Å². The zero-order chi connectivity index (χ0) is 24.8. The van der Waals surface area contributed by atoms with E-state index in [-0.39, 0.29) is 5.04 Å². The molecular weight excluding hydrogens is 428 g/mol. The van der Waals surface area contributed by atoms with Crippen LogP contribution in [0.1, 0.15) is 49.9 Å². The second-order valence-electron chi connectivity index (χ2n) is 10.5. The van der Waals surface area contributed by atoms with Crippen LogP contribution in [0.2, 0.25) is 5.04 Å². The lowest BCUT2D eigenvalue weighted by Crippen LogP contribution is -2.73. The van der Waals surface area contributed by atoms with Gasteiger partial charge in [0, 0.05) is 5.04 Å². The van der Waals surface area contributed by atoms with Gasteiger partial charge in [0.05, 0.1) is 7.11 Å². The summed E-state index contributed by atoms with van der Waals surface area (Å²) in [4.78, 5) is 0. The van der Waals surface area contributed by atoms with Gasteiger partial charge in [-0.05, 0) is 81.7 Å². The Kier molecular flexibility index (Phi) is 6.24. The lowest BCUT2D eigenvalue weighted by atomic mass is 10.0. The fourth-order valence-electron chi connectivity index (χ4n) is 6.36. The highest BCUT2D eigenvalue weighted by molar-refractivity contribution is 7.14. The number of aryl methyl sites for hydroxylation is 4. The van der Waals surface area contributed by atoms with Crippen LogP contribution in [-0.2, 0) is 0 Å². The molecule has 3 aromatic rings. The largest absolute Gasteiger partial charge is 0.497 e. The van der Waals surface area contributed by atoms with Gasteiger partial charge in [0.25, 0.3) is 0 Å². The summed E-state index contributed by atoms with van der Waals surface area (Å²) in [6.45, 7) is 18.3. The predicted octanol–water partition coefficient (Wildman–Crippen LogP) is 6.46. The van der Waals surface area contributed by atoms with Crippen molar-refractivity contribution in [3.8, 4) is 5.75 Å². The molecule has 0 aliphatic heterocycles. The van der Waals surface area contributed by atoms with E-state index in [2.05, 4.69) is 122 Å². The van der Waals surface area contributed by atoms with Gasteiger partial charge in [-0.15, -0.1) is 0 Å². The van der Waals surface area contributed by atoms with Crippen molar-refractivity contribution >= 4 is 23.6 Å². The van der Waals surface area contributed by atoms with Gasteiger partial charge in [0.15, 0.2) is 8.07 Å². The Morgan fingerprint density at radius 3 is 1.56 bits per heavy atom. The highest BCUT2D eigenvalue weighted by Crippen LogP contribution is 2.53. The molecule has 3 aromatic carbocycles. The van der Waals surface area contributed by atoms with Crippen molar-refractivity contribution in [2.45, 2.75) is 60.4 Å². The summed E-state index contributed by atoms with van der Waals surface area (Å²) in [7, 11) is -0.879. The summed E-state index contributed by atoms with van der Waals surface area (Å²) in [5.74, 6) is 0.920. The first-order chi connectivity index (χ1) is 16.0. The van der Waals surface area contributed by atoms with Crippen LogP contribution in [0.15, 0.2) is 83.5 Å². The van der Waals surface area contributed by atoms with Crippen LogP contribution in [0.3, 0.4) is 0 Å². The number of hydrogen-bond acceptors (Lipinski definition) is 1. The molecule has 1 aliphatic rings. The van der Waals surface area contributed by atoms with Crippen molar-refractivity contribution in [1.29, 1.82) is 0 Å². The van der Waals surface area contributed by atoms with Crippen LogP contribution in [0.4, 0.5) is 0 Å². The van der Waals surface area contributed by atoms with E-state index in [0.29, 0.717) is 0 Å². The molecule has 1 nitrogen and oxygen atoms in total. The highest BCUT2D eigenvalue weighted by atomic mass is 28.3. The molecule has 1 unspecified atom stereocenters. The maximum Gasteiger partial charge on any atom is 0.162 e. The summed E-state index contributed by atoms with van der Waals surface area (Å²) in [5.41, 5.74) is 9.58. The molecule has 0 aromatic heterocycles. The van der Waals surface area contributed by atoms with Crippen LogP contribution in [0.25, 0.3) is 0 Å². The molecule has 0 heterocycles. The van der Waals surface area contributed by atoms with E-state index in [4.69, 9.17) is 4.74 Å². The van der Waals surface area contributed by atoms with Crippen LogP contribution in [-0.4, -0.2) is 15.2 Å². The molecule has 34 heavy (non-hydrogen) atoms. The average molecular weight is 467 g/mol. The molecule has 0 fully saturated rings. The van der Waals surface area contributed by atoms with Gasteiger partial charge in [0.1, 0.15) is 5.75 Å². The highest BCUT2D eigenvalue weighted by Gasteiger charge is 2.56. The summed E-state index contributed by atoms with van der Waals surface area (Å²) in [6, 6.07) is 23.3. The first kappa shape index (κ1) is 24.3. The van der Waals surface area contributed by atoms with Crippen molar-refractivity contribution in [2.24, 2.45) is 0 Å². The van der Waals surface area contributed by atoms with Crippen LogP contribution >= 0.6 is 0 Å². The third-order valence-corrected chi connectivity index (χ3v) is 13.6. The summed E-state index contributed by atoms with van der Waals surface area (Å²) >= 11 is 0. The molecule has 0 saturated heterocycles. The molecule has 1 atom stereocenters. The zero-order valence-corrected chi connectivity index (χ0v) is 23.3.